The van der Waals surface area contributed by atoms with Gasteiger partial charge >= 0.3 is 5.97 Å². The lowest BCUT2D eigenvalue weighted by Crippen LogP contribution is -2.24. The van der Waals surface area contributed by atoms with Crippen LogP contribution in [0.1, 0.15) is 36.0 Å². The first-order valence-electron chi connectivity index (χ1n) is 6.42. The molecule has 0 saturated heterocycles. The molecule has 0 spiro atoms. The number of carboxylic acids is 1. The Hall–Kier alpha value is -1.71. The van der Waals surface area contributed by atoms with E-state index in [2.05, 4.69) is 4.90 Å². The predicted octanol–water partition coefficient (Wildman–Crippen LogP) is 2.59. The summed E-state index contributed by atoms with van der Waals surface area (Å²) >= 11 is 0. The van der Waals surface area contributed by atoms with Crippen LogP contribution in [0, 0.1) is 5.92 Å². The zero-order valence-electron chi connectivity index (χ0n) is 10.7. The van der Waals surface area contributed by atoms with E-state index in [9.17, 15) is 4.79 Å². The molecule has 0 amide bonds. The van der Waals surface area contributed by atoms with Crippen LogP contribution in [0.4, 0.5) is 11.4 Å². The lowest BCUT2D eigenvalue weighted by Gasteiger charge is -2.23. The third-order valence-electron chi connectivity index (χ3n) is 3.71. The van der Waals surface area contributed by atoms with Crippen LogP contribution in [0.15, 0.2) is 18.2 Å². The van der Waals surface area contributed by atoms with Crippen LogP contribution in [0.25, 0.3) is 0 Å². The lowest BCUT2D eigenvalue weighted by molar-refractivity contribution is 0.0698. The molecule has 1 aromatic carbocycles. The van der Waals surface area contributed by atoms with E-state index in [-0.39, 0.29) is 5.56 Å². The number of aromatic carboxylic acids is 1. The van der Waals surface area contributed by atoms with Crippen molar-refractivity contribution in [2.75, 3.05) is 24.2 Å². The molecule has 1 aromatic rings. The Kier molecular flexibility index (Phi) is 3.75. The van der Waals surface area contributed by atoms with Gasteiger partial charge in [0.05, 0.1) is 5.56 Å². The SMILES string of the molecule is CN(CC1CCCC1)c1ccc(C(=O)O)c(N)c1. The fourth-order valence-corrected chi connectivity index (χ4v) is 2.67. The molecule has 2 rings (SSSR count). The van der Waals surface area contributed by atoms with Gasteiger partial charge in [-0.2, -0.15) is 0 Å². The highest BCUT2D eigenvalue weighted by atomic mass is 16.4. The molecule has 1 aliphatic rings. The Morgan fingerprint density at radius 1 is 1.44 bits per heavy atom. The number of anilines is 2. The maximum atomic E-state index is 10.9. The van der Waals surface area contributed by atoms with Crippen molar-refractivity contribution in [1.29, 1.82) is 0 Å². The van der Waals surface area contributed by atoms with E-state index in [1.165, 1.54) is 25.7 Å². The summed E-state index contributed by atoms with van der Waals surface area (Å²) in [6, 6.07) is 5.16. The molecule has 4 nitrogen and oxygen atoms in total. The first kappa shape index (κ1) is 12.7. The average Bonchev–Trinajstić information content (AvgIpc) is 2.81. The Labute approximate surface area is 107 Å². The Balaban J connectivity index is 2.08. The smallest absolute Gasteiger partial charge is 0.337 e. The molecule has 0 bridgehead atoms. The van der Waals surface area contributed by atoms with Gasteiger partial charge in [0.1, 0.15) is 0 Å². The van der Waals surface area contributed by atoms with Crippen LogP contribution in [0.2, 0.25) is 0 Å². The summed E-state index contributed by atoms with van der Waals surface area (Å²) in [5.74, 6) is -0.215. The van der Waals surface area contributed by atoms with Crippen LogP contribution >= 0.6 is 0 Å². The second kappa shape index (κ2) is 5.29. The largest absolute Gasteiger partial charge is 0.478 e. The lowest BCUT2D eigenvalue weighted by atomic mass is 10.1. The van der Waals surface area contributed by atoms with Crippen molar-refractivity contribution in [1.82, 2.24) is 0 Å². The van der Waals surface area contributed by atoms with E-state index in [0.29, 0.717) is 5.69 Å². The second-order valence-electron chi connectivity index (χ2n) is 5.11. The number of rotatable bonds is 4. The molecule has 0 atom stereocenters. The first-order chi connectivity index (χ1) is 8.58. The van der Waals surface area contributed by atoms with E-state index in [0.717, 1.165) is 18.2 Å². The van der Waals surface area contributed by atoms with Gasteiger partial charge in [0.15, 0.2) is 0 Å². The molecule has 1 aliphatic carbocycles. The number of benzene rings is 1. The molecule has 98 valence electrons. The predicted molar refractivity (Wildman–Crippen MR) is 73.0 cm³/mol. The minimum Gasteiger partial charge on any atom is -0.478 e. The fraction of sp³-hybridized carbons (Fsp3) is 0.500. The zero-order valence-corrected chi connectivity index (χ0v) is 10.7. The maximum absolute atomic E-state index is 10.9. The monoisotopic (exact) mass is 248 g/mol. The zero-order chi connectivity index (χ0) is 13.1. The third-order valence-corrected chi connectivity index (χ3v) is 3.71. The van der Waals surface area contributed by atoms with Crippen LogP contribution in [-0.2, 0) is 0 Å². The number of carbonyl (C=O) groups is 1. The van der Waals surface area contributed by atoms with Crippen LogP contribution in [0.5, 0.6) is 0 Å². The van der Waals surface area contributed by atoms with Gasteiger partial charge in [0, 0.05) is 25.0 Å². The van der Waals surface area contributed by atoms with Crippen molar-refractivity contribution < 1.29 is 9.90 Å². The minimum absolute atomic E-state index is 0.174. The Morgan fingerprint density at radius 3 is 2.67 bits per heavy atom. The molecule has 18 heavy (non-hydrogen) atoms. The van der Waals surface area contributed by atoms with E-state index >= 15 is 0 Å². The van der Waals surface area contributed by atoms with E-state index in [1.54, 1.807) is 12.1 Å². The minimum atomic E-state index is -0.975. The number of nitrogens with zero attached hydrogens (tertiary/aromatic N) is 1. The average molecular weight is 248 g/mol. The summed E-state index contributed by atoms with van der Waals surface area (Å²) in [6.07, 6.45) is 5.26. The number of nitrogen functional groups attached to an aromatic ring is 1. The molecular formula is C14H20N2O2. The summed E-state index contributed by atoms with van der Waals surface area (Å²) in [5.41, 5.74) is 7.26. The molecule has 1 saturated carbocycles. The van der Waals surface area contributed by atoms with Crippen molar-refractivity contribution in [3.8, 4) is 0 Å². The van der Waals surface area contributed by atoms with Gasteiger partial charge in [-0.25, -0.2) is 4.79 Å². The van der Waals surface area contributed by atoms with Crippen LogP contribution in [-0.4, -0.2) is 24.7 Å². The van der Waals surface area contributed by atoms with Crippen molar-refractivity contribution in [2.45, 2.75) is 25.7 Å². The highest BCUT2D eigenvalue weighted by Gasteiger charge is 2.17. The molecule has 0 heterocycles. The van der Waals surface area contributed by atoms with E-state index < -0.39 is 5.97 Å². The highest BCUT2D eigenvalue weighted by molar-refractivity contribution is 5.94. The molecule has 4 heteroatoms. The highest BCUT2D eigenvalue weighted by Crippen LogP contribution is 2.28. The van der Waals surface area contributed by atoms with Gasteiger partial charge in [-0.3, -0.25) is 0 Å². The second-order valence-corrected chi connectivity index (χ2v) is 5.11. The number of hydrogen-bond donors (Lipinski definition) is 2. The molecule has 3 N–H and O–H groups in total. The summed E-state index contributed by atoms with van der Waals surface area (Å²) in [6.45, 7) is 1.02. The summed E-state index contributed by atoms with van der Waals surface area (Å²) < 4.78 is 0. The summed E-state index contributed by atoms with van der Waals surface area (Å²) in [5, 5.41) is 8.93. The van der Waals surface area contributed by atoms with Crippen molar-refractivity contribution >= 4 is 17.3 Å². The maximum Gasteiger partial charge on any atom is 0.337 e. The van der Waals surface area contributed by atoms with E-state index in [1.807, 2.05) is 13.1 Å². The molecule has 1 fully saturated rings. The normalized spacial score (nSPS) is 15.8. The molecule has 0 unspecified atom stereocenters. The first-order valence-corrected chi connectivity index (χ1v) is 6.42. The number of hydrogen-bond acceptors (Lipinski definition) is 3. The van der Waals surface area contributed by atoms with E-state index in [4.69, 9.17) is 10.8 Å². The number of nitrogens with two attached hydrogens (primary N) is 1. The van der Waals surface area contributed by atoms with Crippen molar-refractivity contribution in [2.24, 2.45) is 5.92 Å². The summed E-state index contributed by atoms with van der Waals surface area (Å²) in [4.78, 5) is 13.1. The van der Waals surface area contributed by atoms with Gasteiger partial charge in [-0.05, 0) is 37.0 Å². The Morgan fingerprint density at radius 2 is 2.11 bits per heavy atom. The quantitative estimate of drug-likeness (QED) is 0.804. The van der Waals surface area contributed by atoms with Crippen LogP contribution < -0.4 is 10.6 Å². The van der Waals surface area contributed by atoms with Gasteiger partial charge in [-0.1, -0.05) is 12.8 Å². The molecular weight excluding hydrogens is 228 g/mol. The van der Waals surface area contributed by atoms with Crippen molar-refractivity contribution in [3.63, 3.8) is 0 Å². The van der Waals surface area contributed by atoms with Gasteiger partial charge < -0.3 is 15.7 Å². The number of carboxylic acid groups (broad SMARTS) is 1. The van der Waals surface area contributed by atoms with Gasteiger partial charge in [0.25, 0.3) is 0 Å². The molecule has 0 radical (unpaired) electrons. The summed E-state index contributed by atoms with van der Waals surface area (Å²) in [7, 11) is 2.04. The Bertz CT molecular complexity index is 439. The fourth-order valence-electron chi connectivity index (χ4n) is 2.67. The standard InChI is InChI=1S/C14H20N2O2/c1-16(9-10-4-2-3-5-10)11-6-7-12(14(17)18)13(15)8-11/h6-8,10H,2-5,9,15H2,1H3,(H,17,18). The molecule has 0 aromatic heterocycles. The van der Waals surface area contributed by atoms with Crippen LogP contribution in [0.3, 0.4) is 0 Å². The topological polar surface area (TPSA) is 66.6 Å². The van der Waals surface area contributed by atoms with Gasteiger partial charge in [-0.15, -0.1) is 0 Å². The van der Waals surface area contributed by atoms with Crippen molar-refractivity contribution in [3.05, 3.63) is 23.8 Å². The molecule has 0 aliphatic heterocycles. The van der Waals surface area contributed by atoms with Gasteiger partial charge in [0.2, 0.25) is 0 Å². The third kappa shape index (κ3) is 2.75.